The van der Waals surface area contributed by atoms with Gasteiger partial charge in [0.1, 0.15) is 0 Å². The molecule has 0 nitrogen and oxygen atoms in total. The summed E-state index contributed by atoms with van der Waals surface area (Å²) in [6.07, 6.45) is 2.27. The zero-order valence-corrected chi connectivity index (χ0v) is 11.9. The van der Waals surface area contributed by atoms with Crippen molar-refractivity contribution in [2.24, 2.45) is 0 Å². The maximum atomic E-state index is 2.32. The van der Waals surface area contributed by atoms with Crippen LogP contribution < -0.4 is 0 Å². The number of benzene rings is 2. The van der Waals surface area contributed by atoms with Crippen molar-refractivity contribution >= 4 is 0 Å². The third-order valence-corrected chi connectivity index (χ3v) is 3.88. The van der Waals surface area contributed by atoms with Crippen LogP contribution in [0.5, 0.6) is 0 Å². The first kappa shape index (κ1) is 12.9. The van der Waals surface area contributed by atoms with Gasteiger partial charge in [-0.05, 0) is 73.9 Å². The summed E-state index contributed by atoms with van der Waals surface area (Å²) in [4.78, 5) is 0. The van der Waals surface area contributed by atoms with Crippen molar-refractivity contribution in [2.75, 3.05) is 0 Å². The van der Waals surface area contributed by atoms with Gasteiger partial charge in [0.15, 0.2) is 0 Å². The van der Waals surface area contributed by atoms with Crippen LogP contribution in [-0.2, 0) is 12.8 Å². The Bertz CT molecular complexity index is 530. The Labute approximate surface area is 111 Å². The smallest absolute Gasteiger partial charge is 0.0233 e. The molecular formula is C18H22. The van der Waals surface area contributed by atoms with E-state index in [2.05, 4.69) is 64.1 Å². The molecule has 0 aliphatic heterocycles. The highest BCUT2D eigenvalue weighted by Crippen LogP contribution is 2.17. The topological polar surface area (TPSA) is 0 Å². The van der Waals surface area contributed by atoms with Crippen LogP contribution in [0.3, 0.4) is 0 Å². The van der Waals surface area contributed by atoms with E-state index in [9.17, 15) is 0 Å². The predicted octanol–water partition coefficient (Wildman–Crippen LogP) is 4.71. The van der Waals surface area contributed by atoms with Crippen molar-refractivity contribution in [1.29, 1.82) is 0 Å². The highest BCUT2D eigenvalue weighted by Gasteiger charge is 2.03. The molecule has 2 aromatic rings. The molecular weight excluding hydrogens is 216 g/mol. The Hall–Kier alpha value is -1.56. The molecule has 2 aromatic carbocycles. The van der Waals surface area contributed by atoms with E-state index in [1.54, 1.807) is 0 Å². The molecule has 0 heteroatoms. The van der Waals surface area contributed by atoms with E-state index >= 15 is 0 Å². The van der Waals surface area contributed by atoms with Crippen molar-refractivity contribution in [3.05, 3.63) is 69.8 Å². The molecule has 0 aromatic heterocycles. The third kappa shape index (κ3) is 2.81. The fourth-order valence-corrected chi connectivity index (χ4v) is 2.47. The zero-order chi connectivity index (χ0) is 13.1. The van der Waals surface area contributed by atoms with Gasteiger partial charge in [-0.1, -0.05) is 36.4 Å². The average molecular weight is 238 g/mol. The van der Waals surface area contributed by atoms with Gasteiger partial charge in [0.2, 0.25) is 0 Å². The summed E-state index contributed by atoms with van der Waals surface area (Å²) in [5.74, 6) is 0. The lowest BCUT2D eigenvalue weighted by Gasteiger charge is -2.10. The SMILES string of the molecule is Cc1ccc(CCc2c(C)cccc2C)cc1C. The summed E-state index contributed by atoms with van der Waals surface area (Å²) in [6.45, 7) is 8.79. The minimum absolute atomic E-state index is 1.13. The first-order valence-corrected chi connectivity index (χ1v) is 6.69. The van der Waals surface area contributed by atoms with Gasteiger partial charge >= 0.3 is 0 Å². The van der Waals surface area contributed by atoms with Gasteiger partial charge < -0.3 is 0 Å². The monoisotopic (exact) mass is 238 g/mol. The van der Waals surface area contributed by atoms with Crippen LogP contribution >= 0.6 is 0 Å². The Morgan fingerprint density at radius 2 is 1.33 bits per heavy atom. The molecule has 0 heterocycles. The molecule has 0 unspecified atom stereocenters. The standard InChI is InChI=1S/C18H22/c1-13-8-9-17(12-16(13)4)10-11-18-14(2)6-5-7-15(18)3/h5-9,12H,10-11H2,1-4H3. The zero-order valence-electron chi connectivity index (χ0n) is 11.9. The maximum Gasteiger partial charge on any atom is -0.0233 e. The third-order valence-electron chi connectivity index (χ3n) is 3.88. The molecule has 0 amide bonds. The Balaban J connectivity index is 2.14. The molecule has 0 aliphatic carbocycles. The first-order valence-electron chi connectivity index (χ1n) is 6.69. The van der Waals surface area contributed by atoms with Gasteiger partial charge in [0.25, 0.3) is 0 Å². The van der Waals surface area contributed by atoms with Gasteiger partial charge in [0.05, 0.1) is 0 Å². The van der Waals surface area contributed by atoms with E-state index in [1.807, 2.05) is 0 Å². The molecule has 0 saturated heterocycles. The van der Waals surface area contributed by atoms with E-state index in [0.717, 1.165) is 12.8 Å². The molecule has 0 fully saturated rings. The molecule has 0 spiro atoms. The quantitative estimate of drug-likeness (QED) is 0.726. The van der Waals surface area contributed by atoms with Crippen LogP contribution in [0.15, 0.2) is 36.4 Å². The highest BCUT2D eigenvalue weighted by molar-refractivity contribution is 5.35. The summed E-state index contributed by atoms with van der Waals surface area (Å²) >= 11 is 0. The molecule has 0 atom stereocenters. The summed E-state index contributed by atoms with van der Waals surface area (Å²) in [7, 11) is 0. The molecule has 18 heavy (non-hydrogen) atoms. The summed E-state index contributed by atoms with van der Waals surface area (Å²) in [5.41, 5.74) is 8.56. The average Bonchev–Trinajstić information content (AvgIpc) is 2.33. The lowest BCUT2D eigenvalue weighted by atomic mass is 9.95. The van der Waals surface area contributed by atoms with Gasteiger partial charge in [-0.15, -0.1) is 0 Å². The van der Waals surface area contributed by atoms with Crippen LogP contribution in [-0.4, -0.2) is 0 Å². The fourth-order valence-electron chi connectivity index (χ4n) is 2.47. The lowest BCUT2D eigenvalue weighted by molar-refractivity contribution is 0.934. The molecule has 0 N–H and O–H groups in total. The Morgan fingerprint density at radius 1 is 0.667 bits per heavy atom. The summed E-state index contributed by atoms with van der Waals surface area (Å²) < 4.78 is 0. The van der Waals surface area contributed by atoms with Crippen LogP contribution in [0.2, 0.25) is 0 Å². The minimum Gasteiger partial charge on any atom is -0.0617 e. The van der Waals surface area contributed by atoms with Crippen molar-refractivity contribution in [3.8, 4) is 0 Å². The molecule has 2 rings (SSSR count). The predicted molar refractivity (Wildman–Crippen MR) is 79.2 cm³/mol. The molecule has 0 aliphatic rings. The van der Waals surface area contributed by atoms with E-state index in [4.69, 9.17) is 0 Å². The van der Waals surface area contributed by atoms with E-state index in [1.165, 1.54) is 33.4 Å². The number of hydrogen-bond donors (Lipinski definition) is 0. The molecule has 0 saturated carbocycles. The highest BCUT2D eigenvalue weighted by atomic mass is 14.1. The fraction of sp³-hybridized carbons (Fsp3) is 0.333. The maximum absolute atomic E-state index is 2.32. The van der Waals surface area contributed by atoms with Crippen LogP contribution in [0.4, 0.5) is 0 Å². The van der Waals surface area contributed by atoms with E-state index in [-0.39, 0.29) is 0 Å². The van der Waals surface area contributed by atoms with Crippen molar-refractivity contribution in [2.45, 2.75) is 40.5 Å². The van der Waals surface area contributed by atoms with Crippen molar-refractivity contribution in [3.63, 3.8) is 0 Å². The van der Waals surface area contributed by atoms with Gasteiger partial charge in [-0.25, -0.2) is 0 Å². The second-order valence-corrected chi connectivity index (χ2v) is 5.29. The van der Waals surface area contributed by atoms with E-state index in [0.29, 0.717) is 0 Å². The number of aryl methyl sites for hydroxylation is 5. The second kappa shape index (κ2) is 5.39. The largest absolute Gasteiger partial charge is 0.0617 e. The Morgan fingerprint density at radius 3 is 1.94 bits per heavy atom. The Kier molecular flexibility index (Phi) is 3.86. The summed E-state index contributed by atoms with van der Waals surface area (Å²) in [6, 6.07) is 13.4. The number of rotatable bonds is 3. The van der Waals surface area contributed by atoms with Crippen LogP contribution in [0.1, 0.15) is 33.4 Å². The second-order valence-electron chi connectivity index (χ2n) is 5.29. The van der Waals surface area contributed by atoms with Gasteiger partial charge in [-0.3, -0.25) is 0 Å². The van der Waals surface area contributed by atoms with Crippen LogP contribution in [0.25, 0.3) is 0 Å². The normalized spacial score (nSPS) is 10.7. The van der Waals surface area contributed by atoms with Crippen LogP contribution in [0, 0.1) is 27.7 Å². The first-order chi connectivity index (χ1) is 8.58. The molecule has 94 valence electrons. The van der Waals surface area contributed by atoms with E-state index < -0.39 is 0 Å². The van der Waals surface area contributed by atoms with Gasteiger partial charge in [-0.2, -0.15) is 0 Å². The minimum atomic E-state index is 1.13. The summed E-state index contributed by atoms with van der Waals surface area (Å²) in [5, 5.41) is 0. The number of hydrogen-bond acceptors (Lipinski definition) is 0. The van der Waals surface area contributed by atoms with Crippen molar-refractivity contribution < 1.29 is 0 Å². The molecule has 0 radical (unpaired) electrons. The van der Waals surface area contributed by atoms with Crippen molar-refractivity contribution in [1.82, 2.24) is 0 Å². The lowest BCUT2D eigenvalue weighted by Crippen LogP contribution is -1.97. The van der Waals surface area contributed by atoms with Gasteiger partial charge in [0, 0.05) is 0 Å². The molecule has 0 bridgehead atoms.